The molecule has 1 N–H and O–H groups in total. The highest BCUT2D eigenvalue weighted by Gasteiger charge is 2.50. The standard InChI is InChI=1S/C27H32ClN5O4S/c1-17-11-20(38(35,36)21-13-27(14-21)6-8-32(2)9-7-27)3-4-23(17)30-26-29-15-18-12-22(28)25(34)33(24(18)31-26)19-5-10-37-16-19/h3-4,11-12,15,19,21H,5-10,13-14,16H2,1-2H3,(H,29,30,31). The van der Waals surface area contributed by atoms with Crippen LogP contribution in [0.25, 0.3) is 11.0 Å². The SMILES string of the molecule is Cc1cc(S(=O)(=O)C2CC3(CCN(C)CC3)C2)ccc1Nc1ncc2cc(Cl)c(=O)n(C3CCOC3)c2n1. The van der Waals surface area contributed by atoms with Crippen LogP contribution >= 0.6 is 11.6 Å². The number of aromatic nitrogens is 3. The summed E-state index contributed by atoms with van der Waals surface area (Å²) in [7, 11) is -1.27. The van der Waals surface area contributed by atoms with Crippen molar-refractivity contribution in [2.45, 2.75) is 55.2 Å². The van der Waals surface area contributed by atoms with E-state index in [1.54, 1.807) is 35.0 Å². The summed E-state index contributed by atoms with van der Waals surface area (Å²) in [5.74, 6) is 0.314. The second kappa shape index (κ2) is 9.59. The second-order valence-electron chi connectivity index (χ2n) is 11.1. The fourth-order valence-corrected chi connectivity index (χ4v) is 8.44. The number of fused-ring (bicyclic) bond motifs is 1. The smallest absolute Gasteiger partial charge is 0.271 e. The van der Waals surface area contributed by atoms with Gasteiger partial charge in [-0.3, -0.25) is 9.36 Å². The quantitative estimate of drug-likeness (QED) is 0.499. The highest BCUT2D eigenvalue weighted by molar-refractivity contribution is 7.92. The predicted molar refractivity (Wildman–Crippen MR) is 147 cm³/mol. The van der Waals surface area contributed by atoms with Crippen molar-refractivity contribution in [1.29, 1.82) is 0 Å². The van der Waals surface area contributed by atoms with E-state index in [2.05, 4.69) is 27.2 Å². The molecule has 202 valence electrons. The third-order valence-electron chi connectivity index (χ3n) is 8.58. The van der Waals surface area contributed by atoms with Crippen LogP contribution in [0.4, 0.5) is 11.6 Å². The Labute approximate surface area is 227 Å². The van der Waals surface area contributed by atoms with E-state index in [1.807, 2.05) is 6.92 Å². The van der Waals surface area contributed by atoms with Gasteiger partial charge in [-0.1, -0.05) is 11.6 Å². The summed E-state index contributed by atoms with van der Waals surface area (Å²) >= 11 is 6.20. The van der Waals surface area contributed by atoms with E-state index in [-0.39, 0.29) is 27.3 Å². The molecule has 2 aliphatic heterocycles. The summed E-state index contributed by atoms with van der Waals surface area (Å²) < 4.78 is 33.9. The van der Waals surface area contributed by atoms with Crippen molar-refractivity contribution < 1.29 is 13.2 Å². The van der Waals surface area contributed by atoms with Gasteiger partial charge < -0.3 is 15.0 Å². The highest BCUT2D eigenvalue weighted by atomic mass is 35.5. The van der Waals surface area contributed by atoms with E-state index in [9.17, 15) is 13.2 Å². The summed E-state index contributed by atoms with van der Waals surface area (Å²) in [6.07, 6.45) is 6.01. The van der Waals surface area contributed by atoms with Gasteiger partial charge in [0.1, 0.15) is 10.7 Å². The Balaban J connectivity index is 1.23. The van der Waals surface area contributed by atoms with Gasteiger partial charge in [0.25, 0.3) is 5.56 Å². The number of likely N-dealkylation sites (tertiary alicyclic amines) is 1. The average Bonchev–Trinajstić information content (AvgIpc) is 3.40. The van der Waals surface area contributed by atoms with Gasteiger partial charge in [0, 0.05) is 23.9 Å². The predicted octanol–water partition coefficient (Wildman–Crippen LogP) is 4.11. The number of halogens is 1. The number of anilines is 2. The zero-order chi connectivity index (χ0) is 26.7. The number of benzene rings is 1. The lowest BCUT2D eigenvalue weighted by Crippen LogP contribution is -2.50. The minimum atomic E-state index is -3.39. The fraction of sp³-hybridized carbons (Fsp3) is 0.519. The number of hydrogen-bond acceptors (Lipinski definition) is 8. The van der Waals surface area contributed by atoms with Crippen molar-refractivity contribution in [1.82, 2.24) is 19.4 Å². The maximum Gasteiger partial charge on any atom is 0.271 e. The lowest BCUT2D eigenvalue weighted by Gasteiger charge is -2.51. The molecule has 1 saturated carbocycles. The van der Waals surface area contributed by atoms with Crippen LogP contribution in [0.1, 0.15) is 43.7 Å². The number of rotatable bonds is 5. The van der Waals surface area contributed by atoms with Crippen LogP contribution in [0.15, 0.2) is 40.2 Å². The molecule has 1 aliphatic carbocycles. The van der Waals surface area contributed by atoms with Crippen molar-refractivity contribution in [2.24, 2.45) is 5.41 Å². The van der Waals surface area contributed by atoms with Gasteiger partial charge >= 0.3 is 0 Å². The Morgan fingerprint density at radius 1 is 1.18 bits per heavy atom. The van der Waals surface area contributed by atoms with E-state index in [1.165, 1.54) is 0 Å². The fourth-order valence-electron chi connectivity index (χ4n) is 6.10. The maximum absolute atomic E-state index is 13.4. The molecule has 3 aromatic rings. The molecular weight excluding hydrogens is 526 g/mol. The number of nitrogens with zero attached hydrogens (tertiary/aromatic N) is 4. The summed E-state index contributed by atoms with van der Waals surface area (Å²) in [6, 6.07) is 6.59. The topological polar surface area (TPSA) is 106 Å². The number of hydrogen-bond donors (Lipinski definition) is 1. The van der Waals surface area contributed by atoms with E-state index >= 15 is 0 Å². The molecule has 0 amide bonds. The third-order valence-corrected chi connectivity index (χ3v) is 11.0. The van der Waals surface area contributed by atoms with Crippen molar-refractivity contribution in [3.8, 4) is 0 Å². The number of piperidine rings is 1. The zero-order valence-corrected chi connectivity index (χ0v) is 23.2. The molecule has 11 heteroatoms. The van der Waals surface area contributed by atoms with Gasteiger partial charge in [0.15, 0.2) is 9.84 Å². The molecule has 1 unspecified atom stereocenters. The maximum atomic E-state index is 13.4. The van der Waals surface area contributed by atoms with Gasteiger partial charge in [-0.05, 0) is 94.4 Å². The van der Waals surface area contributed by atoms with Crippen LogP contribution in [0.5, 0.6) is 0 Å². The molecule has 0 bridgehead atoms. The van der Waals surface area contributed by atoms with Gasteiger partial charge in [-0.25, -0.2) is 13.4 Å². The number of aryl methyl sites for hydroxylation is 1. The molecule has 38 heavy (non-hydrogen) atoms. The molecular formula is C27H32ClN5O4S. The van der Waals surface area contributed by atoms with Gasteiger partial charge in [0.2, 0.25) is 5.95 Å². The first-order valence-corrected chi connectivity index (χ1v) is 15.0. The average molecular weight is 558 g/mol. The molecule has 3 fully saturated rings. The number of nitrogens with one attached hydrogen (secondary N) is 1. The van der Waals surface area contributed by atoms with Crippen molar-refractivity contribution >= 4 is 44.1 Å². The van der Waals surface area contributed by atoms with Crippen LogP contribution in [-0.2, 0) is 14.6 Å². The Morgan fingerprint density at radius 3 is 2.63 bits per heavy atom. The first-order valence-electron chi connectivity index (χ1n) is 13.1. The second-order valence-corrected chi connectivity index (χ2v) is 13.8. The Hall–Kier alpha value is -2.53. The van der Waals surface area contributed by atoms with Crippen molar-refractivity contribution in [2.75, 3.05) is 38.7 Å². The lowest BCUT2D eigenvalue weighted by molar-refractivity contribution is 0.0465. The van der Waals surface area contributed by atoms with Crippen LogP contribution in [0.3, 0.4) is 0 Å². The molecule has 0 radical (unpaired) electrons. The minimum Gasteiger partial charge on any atom is -0.379 e. The number of pyridine rings is 1. The van der Waals surface area contributed by atoms with Gasteiger partial charge in [-0.15, -0.1) is 0 Å². The lowest BCUT2D eigenvalue weighted by atomic mass is 9.63. The van der Waals surface area contributed by atoms with Crippen LogP contribution < -0.4 is 10.9 Å². The highest BCUT2D eigenvalue weighted by Crippen LogP contribution is 2.52. The Morgan fingerprint density at radius 2 is 1.95 bits per heavy atom. The molecule has 6 rings (SSSR count). The monoisotopic (exact) mass is 557 g/mol. The third kappa shape index (κ3) is 4.51. The van der Waals surface area contributed by atoms with Crippen LogP contribution in [0.2, 0.25) is 5.02 Å². The normalized spacial score (nSPS) is 22.1. The molecule has 9 nitrogen and oxygen atoms in total. The van der Waals surface area contributed by atoms with Crippen LogP contribution in [-0.4, -0.2) is 66.5 Å². The molecule has 2 aromatic heterocycles. The van der Waals surface area contributed by atoms with E-state index in [4.69, 9.17) is 16.3 Å². The first kappa shape index (κ1) is 25.7. The zero-order valence-electron chi connectivity index (χ0n) is 21.6. The molecule has 2 saturated heterocycles. The number of ether oxygens (including phenoxy) is 1. The molecule has 1 spiro atoms. The van der Waals surface area contributed by atoms with Crippen molar-refractivity contribution in [3.05, 3.63) is 51.4 Å². The van der Waals surface area contributed by atoms with Gasteiger partial charge in [0.05, 0.1) is 22.8 Å². The first-order chi connectivity index (χ1) is 18.1. The molecule has 3 aliphatic rings. The molecule has 4 heterocycles. The molecule has 1 aromatic carbocycles. The summed E-state index contributed by atoms with van der Waals surface area (Å²) in [4.78, 5) is 24.6. The number of sulfone groups is 1. The van der Waals surface area contributed by atoms with Crippen molar-refractivity contribution in [3.63, 3.8) is 0 Å². The Kier molecular flexibility index (Phi) is 6.49. The summed E-state index contributed by atoms with van der Waals surface area (Å²) in [6.45, 7) is 4.96. The molecule has 1 atom stereocenters. The minimum absolute atomic E-state index is 0.120. The van der Waals surface area contributed by atoms with E-state index < -0.39 is 9.84 Å². The van der Waals surface area contributed by atoms with E-state index in [0.29, 0.717) is 47.2 Å². The largest absolute Gasteiger partial charge is 0.379 e. The summed E-state index contributed by atoms with van der Waals surface area (Å²) in [5.41, 5.74) is 1.86. The van der Waals surface area contributed by atoms with Crippen LogP contribution in [0, 0.1) is 12.3 Å². The van der Waals surface area contributed by atoms with E-state index in [0.717, 1.165) is 44.3 Å². The Bertz CT molecular complexity index is 1550. The van der Waals surface area contributed by atoms with Gasteiger partial charge in [-0.2, -0.15) is 4.98 Å². The summed E-state index contributed by atoms with van der Waals surface area (Å²) in [5, 5.41) is 3.67.